The molecule has 3 aromatic carbocycles. The fourth-order valence-electron chi connectivity index (χ4n) is 4.10. The van der Waals surface area contributed by atoms with Gasteiger partial charge in [0.25, 0.3) is 0 Å². The van der Waals surface area contributed by atoms with Crippen molar-refractivity contribution in [3.8, 4) is 0 Å². The van der Waals surface area contributed by atoms with E-state index in [0.29, 0.717) is 34.0 Å². The van der Waals surface area contributed by atoms with E-state index in [0.717, 1.165) is 11.3 Å². The van der Waals surface area contributed by atoms with Gasteiger partial charge in [-0.2, -0.15) is 4.98 Å². The Hall–Kier alpha value is -3.29. The minimum absolute atomic E-state index is 0.292. The van der Waals surface area contributed by atoms with Crippen LogP contribution in [0.3, 0.4) is 0 Å². The number of anilines is 1. The first-order chi connectivity index (χ1) is 16.5. The highest BCUT2D eigenvalue weighted by Gasteiger charge is 2.35. The molecule has 8 heteroatoms. The van der Waals surface area contributed by atoms with Crippen molar-refractivity contribution < 1.29 is 9.53 Å². The second-order valence-electron chi connectivity index (χ2n) is 7.97. The number of esters is 1. The highest BCUT2D eigenvalue weighted by molar-refractivity contribution is 7.98. The van der Waals surface area contributed by atoms with Crippen LogP contribution >= 0.6 is 23.4 Å². The lowest BCUT2D eigenvalue weighted by molar-refractivity contribution is -0.139. The number of hydrogen-bond acceptors (Lipinski definition) is 6. The van der Waals surface area contributed by atoms with Crippen LogP contribution < -0.4 is 5.32 Å². The minimum Gasteiger partial charge on any atom is -0.463 e. The zero-order valence-corrected chi connectivity index (χ0v) is 20.4. The summed E-state index contributed by atoms with van der Waals surface area (Å²) in [4.78, 5) is 17.6. The molecule has 172 valence electrons. The molecule has 34 heavy (non-hydrogen) atoms. The van der Waals surface area contributed by atoms with E-state index in [1.807, 2.05) is 43.3 Å². The van der Waals surface area contributed by atoms with Gasteiger partial charge in [0, 0.05) is 16.5 Å². The number of nitrogens with one attached hydrogen (secondary N) is 1. The summed E-state index contributed by atoms with van der Waals surface area (Å²) in [6.07, 6.45) is 0. The Morgan fingerprint density at radius 2 is 1.88 bits per heavy atom. The van der Waals surface area contributed by atoms with Gasteiger partial charge in [-0.3, -0.25) is 0 Å². The molecule has 1 unspecified atom stereocenters. The van der Waals surface area contributed by atoms with E-state index in [4.69, 9.17) is 26.4 Å². The van der Waals surface area contributed by atoms with Crippen molar-refractivity contribution in [3.63, 3.8) is 0 Å². The van der Waals surface area contributed by atoms with E-state index in [1.165, 1.54) is 16.3 Å². The molecule has 0 bridgehead atoms. The van der Waals surface area contributed by atoms with Crippen molar-refractivity contribution >= 4 is 46.1 Å². The summed E-state index contributed by atoms with van der Waals surface area (Å²) in [6, 6.07) is 21.7. The third-order valence-corrected chi connectivity index (χ3v) is 6.86. The van der Waals surface area contributed by atoms with Crippen LogP contribution in [0.25, 0.3) is 10.8 Å². The van der Waals surface area contributed by atoms with Crippen molar-refractivity contribution in [3.05, 3.63) is 94.1 Å². The van der Waals surface area contributed by atoms with Crippen LogP contribution in [-0.4, -0.2) is 27.3 Å². The molecule has 1 aliphatic heterocycles. The number of benzene rings is 3. The molecule has 1 aromatic heterocycles. The number of ether oxygens (including phenoxy) is 1. The van der Waals surface area contributed by atoms with Gasteiger partial charge in [-0.1, -0.05) is 78.0 Å². The van der Waals surface area contributed by atoms with Gasteiger partial charge in [0.05, 0.1) is 12.2 Å². The number of rotatable bonds is 6. The van der Waals surface area contributed by atoms with Crippen molar-refractivity contribution in [1.29, 1.82) is 0 Å². The number of carbonyl (C=O) groups excluding carboxylic acids is 1. The summed E-state index contributed by atoms with van der Waals surface area (Å²) in [5, 5.41) is 11.7. The number of halogens is 1. The Labute approximate surface area is 207 Å². The topological polar surface area (TPSA) is 69.0 Å². The number of thioether (sulfide) groups is 1. The summed E-state index contributed by atoms with van der Waals surface area (Å²) in [7, 11) is 0. The van der Waals surface area contributed by atoms with Gasteiger partial charge in [0.2, 0.25) is 11.1 Å². The minimum atomic E-state index is -0.463. The summed E-state index contributed by atoms with van der Waals surface area (Å²) in [6.45, 7) is 3.94. The summed E-state index contributed by atoms with van der Waals surface area (Å²) in [5.74, 6) is 0.947. The molecule has 4 aromatic rings. The number of carbonyl (C=O) groups is 1. The Balaban J connectivity index is 1.46. The fourth-order valence-corrected chi connectivity index (χ4v) is 4.99. The molecule has 1 N–H and O–H groups in total. The van der Waals surface area contributed by atoms with Gasteiger partial charge in [-0.05, 0) is 47.9 Å². The van der Waals surface area contributed by atoms with Crippen molar-refractivity contribution in [2.24, 2.45) is 0 Å². The third kappa shape index (κ3) is 4.41. The fraction of sp³-hybridized carbons (Fsp3) is 0.192. The number of nitrogens with zero attached hydrogens (tertiary/aromatic N) is 3. The molecule has 0 saturated carbocycles. The maximum absolute atomic E-state index is 12.9. The molecule has 5 rings (SSSR count). The zero-order chi connectivity index (χ0) is 23.7. The van der Waals surface area contributed by atoms with E-state index in [-0.39, 0.29) is 5.97 Å². The molecule has 0 radical (unpaired) electrons. The first-order valence-electron chi connectivity index (χ1n) is 11.0. The number of hydrogen-bond donors (Lipinski definition) is 1. The molecule has 2 heterocycles. The van der Waals surface area contributed by atoms with Crippen molar-refractivity contribution in [2.45, 2.75) is 30.8 Å². The third-order valence-electron chi connectivity index (χ3n) is 5.70. The molecule has 1 atom stereocenters. The van der Waals surface area contributed by atoms with Gasteiger partial charge < -0.3 is 10.1 Å². The molecule has 0 saturated heterocycles. The number of fused-ring (bicyclic) bond motifs is 2. The van der Waals surface area contributed by atoms with Crippen LogP contribution in [0.15, 0.2) is 83.2 Å². The number of allylic oxidation sites excluding steroid dienone is 1. The lowest BCUT2D eigenvalue weighted by Gasteiger charge is -2.28. The Morgan fingerprint density at radius 3 is 2.65 bits per heavy atom. The van der Waals surface area contributed by atoms with Crippen molar-refractivity contribution in [2.75, 3.05) is 11.9 Å². The summed E-state index contributed by atoms with van der Waals surface area (Å²) < 4.78 is 7.12. The first kappa shape index (κ1) is 22.5. The van der Waals surface area contributed by atoms with Gasteiger partial charge >= 0.3 is 5.97 Å². The lowest BCUT2D eigenvalue weighted by Crippen LogP contribution is -2.29. The van der Waals surface area contributed by atoms with Gasteiger partial charge in [0.15, 0.2) is 0 Å². The van der Waals surface area contributed by atoms with E-state index in [1.54, 1.807) is 23.4 Å². The maximum Gasteiger partial charge on any atom is 0.338 e. The Kier molecular flexibility index (Phi) is 6.30. The number of aromatic nitrogens is 3. The average molecular weight is 491 g/mol. The molecular weight excluding hydrogens is 468 g/mol. The quantitative estimate of drug-likeness (QED) is 0.255. The van der Waals surface area contributed by atoms with Crippen LogP contribution in [0.1, 0.15) is 31.0 Å². The predicted octanol–water partition coefficient (Wildman–Crippen LogP) is 6.23. The molecule has 0 fully saturated rings. The van der Waals surface area contributed by atoms with Crippen LogP contribution in [0, 0.1) is 0 Å². The normalized spacial score (nSPS) is 15.2. The lowest BCUT2D eigenvalue weighted by atomic mass is 9.96. The molecule has 6 nitrogen and oxygen atoms in total. The van der Waals surface area contributed by atoms with Crippen LogP contribution in [-0.2, 0) is 15.3 Å². The maximum atomic E-state index is 12.9. The van der Waals surface area contributed by atoms with Crippen LogP contribution in [0.4, 0.5) is 5.95 Å². The van der Waals surface area contributed by atoms with Gasteiger partial charge in [0.1, 0.15) is 6.04 Å². The highest BCUT2D eigenvalue weighted by atomic mass is 35.5. The van der Waals surface area contributed by atoms with E-state index in [2.05, 4.69) is 35.6 Å². The van der Waals surface area contributed by atoms with Gasteiger partial charge in [-0.25, -0.2) is 9.48 Å². The van der Waals surface area contributed by atoms with E-state index >= 15 is 0 Å². The monoisotopic (exact) mass is 490 g/mol. The van der Waals surface area contributed by atoms with Gasteiger partial charge in [-0.15, -0.1) is 5.10 Å². The van der Waals surface area contributed by atoms with E-state index < -0.39 is 6.04 Å². The molecule has 0 amide bonds. The van der Waals surface area contributed by atoms with Crippen LogP contribution in [0.5, 0.6) is 0 Å². The SMILES string of the molecule is CCOC(=O)C1=C(C)Nc2nc(SCc3ccc4ccccc4c3)nn2C1c1ccc(Cl)cc1. The van der Waals surface area contributed by atoms with Crippen LogP contribution in [0.2, 0.25) is 5.02 Å². The molecule has 1 aliphatic rings. The summed E-state index contributed by atoms with van der Waals surface area (Å²) >= 11 is 7.67. The summed E-state index contributed by atoms with van der Waals surface area (Å²) in [5.41, 5.74) is 3.28. The molecule has 0 spiro atoms. The molecular formula is C26H23ClN4O2S. The van der Waals surface area contributed by atoms with Crippen molar-refractivity contribution in [1.82, 2.24) is 14.8 Å². The second-order valence-corrected chi connectivity index (χ2v) is 9.35. The Bertz CT molecular complexity index is 1400. The standard InChI is InChI=1S/C26H23ClN4O2S/c1-3-33-24(32)22-16(2)28-25-29-26(30-31(25)23(22)19-10-12-21(27)13-11-19)34-15-17-8-9-18-6-4-5-7-20(18)14-17/h4-14,23H,3,15H2,1-2H3,(H,28,29,30). The smallest absolute Gasteiger partial charge is 0.338 e. The largest absolute Gasteiger partial charge is 0.463 e. The second kappa shape index (κ2) is 9.52. The first-order valence-corrected chi connectivity index (χ1v) is 12.4. The Morgan fingerprint density at radius 1 is 1.12 bits per heavy atom. The predicted molar refractivity (Wildman–Crippen MR) is 136 cm³/mol. The van der Waals surface area contributed by atoms with E-state index in [9.17, 15) is 4.79 Å². The molecule has 0 aliphatic carbocycles. The zero-order valence-electron chi connectivity index (χ0n) is 18.8. The highest BCUT2D eigenvalue weighted by Crippen LogP contribution is 2.37. The average Bonchev–Trinajstić information content (AvgIpc) is 3.25.